The Morgan fingerprint density at radius 3 is 2.64 bits per heavy atom. The second-order valence-electron chi connectivity index (χ2n) is 3.66. The molecule has 0 heterocycles. The fourth-order valence-electron chi connectivity index (χ4n) is 1.30. The van der Waals surface area contributed by atoms with E-state index in [1.54, 1.807) is 12.1 Å². The molecule has 78 valence electrons. The van der Waals surface area contributed by atoms with E-state index >= 15 is 0 Å². The van der Waals surface area contributed by atoms with Crippen LogP contribution in [0.15, 0.2) is 18.2 Å². The van der Waals surface area contributed by atoms with Crippen molar-refractivity contribution in [3.8, 4) is 5.75 Å². The molecule has 14 heavy (non-hydrogen) atoms. The molecule has 0 atom stereocenters. The van der Waals surface area contributed by atoms with Gasteiger partial charge in [-0.25, -0.2) is 4.39 Å². The van der Waals surface area contributed by atoms with Crippen LogP contribution < -0.4 is 4.74 Å². The van der Waals surface area contributed by atoms with Crippen molar-refractivity contribution in [3.05, 3.63) is 29.6 Å². The Balaban J connectivity index is 2.89. The van der Waals surface area contributed by atoms with E-state index in [1.807, 2.05) is 26.8 Å². The molecule has 0 radical (unpaired) electrons. The summed E-state index contributed by atoms with van der Waals surface area (Å²) in [5, 5.41) is 0. The molecule has 1 aromatic carbocycles. The summed E-state index contributed by atoms with van der Waals surface area (Å²) in [5.74, 6) is 0.356. The minimum atomic E-state index is -0.212. The van der Waals surface area contributed by atoms with E-state index in [0.29, 0.717) is 12.4 Å². The van der Waals surface area contributed by atoms with Crippen LogP contribution in [0.1, 0.15) is 38.7 Å². The van der Waals surface area contributed by atoms with Gasteiger partial charge in [-0.05, 0) is 24.0 Å². The van der Waals surface area contributed by atoms with E-state index in [2.05, 4.69) is 0 Å². The molecular weight excluding hydrogens is 179 g/mol. The Kier molecular flexibility index (Phi) is 3.93. The van der Waals surface area contributed by atoms with Gasteiger partial charge in [-0.15, -0.1) is 0 Å². The maximum absolute atomic E-state index is 13.7. The molecule has 0 N–H and O–H groups in total. The van der Waals surface area contributed by atoms with Gasteiger partial charge < -0.3 is 4.74 Å². The van der Waals surface area contributed by atoms with Gasteiger partial charge >= 0.3 is 0 Å². The lowest BCUT2D eigenvalue weighted by molar-refractivity contribution is 0.300. The summed E-state index contributed by atoms with van der Waals surface area (Å²) < 4.78 is 19.0. The first-order chi connectivity index (χ1) is 6.66. The standard InChI is InChI=1S/C12H17FO/c1-4-8-14-11-7-5-6-10(9(2)3)12(11)13/h5-7,9H,4,8H2,1-3H3. The molecule has 0 bridgehead atoms. The zero-order chi connectivity index (χ0) is 10.6. The number of benzene rings is 1. The van der Waals surface area contributed by atoms with Crippen molar-refractivity contribution in [2.45, 2.75) is 33.1 Å². The van der Waals surface area contributed by atoms with Gasteiger partial charge in [-0.2, -0.15) is 0 Å². The summed E-state index contributed by atoms with van der Waals surface area (Å²) in [6.45, 7) is 6.52. The highest BCUT2D eigenvalue weighted by molar-refractivity contribution is 5.32. The van der Waals surface area contributed by atoms with E-state index < -0.39 is 0 Å². The molecule has 0 spiro atoms. The largest absolute Gasteiger partial charge is 0.491 e. The molecule has 0 aliphatic carbocycles. The molecule has 0 aromatic heterocycles. The van der Waals surface area contributed by atoms with Gasteiger partial charge in [0, 0.05) is 0 Å². The molecule has 1 nitrogen and oxygen atoms in total. The number of rotatable bonds is 4. The van der Waals surface area contributed by atoms with Gasteiger partial charge in [0.2, 0.25) is 0 Å². The van der Waals surface area contributed by atoms with Crippen LogP contribution in [0.25, 0.3) is 0 Å². The molecule has 0 saturated heterocycles. The lowest BCUT2D eigenvalue weighted by atomic mass is 10.0. The summed E-state index contributed by atoms with van der Waals surface area (Å²) in [6, 6.07) is 5.32. The fourth-order valence-corrected chi connectivity index (χ4v) is 1.30. The molecule has 0 saturated carbocycles. The first-order valence-electron chi connectivity index (χ1n) is 5.08. The van der Waals surface area contributed by atoms with Crippen LogP contribution in [-0.2, 0) is 0 Å². The van der Waals surface area contributed by atoms with Crippen molar-refractivity contribution in [1.82, 2.24) is 0 Å². The van der Waals surface area contributed by atoms with Crippen LogP contribution in [0.4, 0.5) is 4.39 Å². The lowest BCUT2D eigenvalue weighted by Gasteiger charge is -2.11. The first-order valence-corrected chi connectivity index (χ1v) is 5.08. The van der Waals surface area contributed by atoms with Gasteiger partial charge in [0.15, 0.2) is 11.6 Å². The van der Waals surface area contributed by atoms with Gasteiger partial charge in [0.05, 0.1) is 6.61 Å². The SMILES string of the molecule is CCCOc1cccc(C(C)C)c1F. The molecule has 0 amide bonds. The van der Waals surface area contributed by atoms with Crippen LogP contribution in [-0.4, -0.2) is 6.61 Å². The molecule has 0 fully saturated rings. The number of hydrogen-bond acceptors (Lipinski definition) is 1. The van der Waals surface area contributed by atoms with Gasteiger partial charge in [-0.1, -0.05) is 32.9 Å². The Morgan fingerprint density at radius 1 is 1.36 bits per heavy atom. The number of hydrogen-bond donors (Lipinski definition) is 0. The molecular formula is C12H17FO. The van der Waals surface area contributed by atoms with Gasteiger partial charge in [-0.3, -0.25) is 0 Å². The predicted molar refractivity (Wildman–Crippen MR) is 56.3 cm³/mol. The van der Waals surface area contributed by atoms with Crippen LogP contribution >= 0.6 is 0 Å². The Morgan fingerprint density at radius 2 is 2.07 bits per heavy atom. The smallest absolute Gasteiger partial charge is 0.168 e. The average Bonchev–Trinajstić information content (AvgIpc) is 2.16. The summed E-state index contributed by atoms with van der Waals surface area (Å²) in [5.41, 5.74) is 0.721. The highest BCUT2D eigenvalue weighted by Crippen LogP contribution is 2.25. The molecule has 0 aliphatic rings. The first kappa shape index (κ1) is 11.0. The van der Waals surface area contributed by atoms with Crippen molar-refractivity contribution in [2.24, 2.45) is 0 Å². The van der Waals surface area contributed by atoms with Crippen molar-refractivity contribution in [2.75, 3.05) is 6.61 Å². The lowest BCUT2D eigenvalue weighted by Crippen LogP contribution is -2.00. The minimum absolute atomic E-state index is 0.195. The maximum Gasteiger partial charge on any atom is 0.168 e. The molecule has 0 aliphatic heterocycles. The third-order valence-electron chi connectivity index (χ3n) is 2.08. The molecule has 1 rings (SSSR count). The number of halogens is 1. The summed E-state index contributed by atoms with van der Waals surface area (Å²) in [4.78, 5) is 0. The predicted octanol–water partition coefficient (Wildman–Crippen LogP) is 3.74. The average molecular weight is 196 g/mol. The second kappa shape index (κ2) is 4.99. The van der Waals surface area contributed by atoms with E-state index in [4.69, 9.17) is 4.74 Å². The fraction of sp³-hybridized carbons (Fsp3) is 0.500. The Hall–Kier alpha value is -1.05. The molecule has 0 unspecified atom stereocenters. The van der Waals surface area contributed by atoms with Crippen LogP contribution in [0.2, 0.25) is 0 Å². The second-order valence-corrected chi connectivity index (χ2v) is 3.66. The molecule has 1 aromatic rings. The zero-order valence-corrected chi connectivity index (χ0v) is 9.01. The van der Waals surface area contributed by atoms with E-state index in [0.717, 1.165) is 12.0 Å². The van der Waals surface area contributed by atoms with Gasteiger partial charge in [0.25, 0.3) is 0 Å². The van der Waals surface area contributed by atoms with Crippen LogP contribution in [0.5, 0.6) is 5.75 Å². The quantitative estimate of drug-likeness (QED) is 0.712. The van der Waals surface area contributed by atoms with Crippen molar-refractivity contribution < 1.29 is 9.13 Å². The van der Waals surface area contributed by atoms with Crippen molar-refractivity contribution in [1.29, 1.82) is 0 Å². The number of ether oxygens (including phenoxy) is 1. The summed E-state index contributed by atoms with van der Waals surface area (Å²) in [7, 11) is 0. The zero-order valence-electron chi connectivity index (χ0n) is 9.01. The summed E-state index contributed by atoms with van der Waals surface area (Å²) >= 11 is 0. The highest BCUT2D eigenvalue weighted by atomic mass is 19.1. The van der Waals surface area contributed by atoms with Gasteiger partial charge in [0.1, 0.15) is 0 Å². The Bertz CT molecular complexity index is 294. The van der Waals surface area contributed by atoms with Crippen molar-refractivity contribution in [3.63, 3.8) is 0 Å². The van der Waals surface area contributed by atoms with E-state index in [1.165, 1.54) is 0 Å². The highest BCUT2D eigenvalue weighted by Gasteiger charge is 2.11. The summed E-state index contributed by atoms with van der Waals surface area (Å²) in [6.07, 6.45) is 0.894. The van der Waals surface area contributed by atoms with Crippen LogP contribution in [0.3, 0.4) is 0 Å². The van der Waals surface area contributed by atoms with E-state index in [9.17, 15) is 4.39 Å². The maximum atomic E-state index is 13.7. The molecule has 2 heteroatoms. The third-order valence-corrected chi connectivity index (χ3v) is 2.08. The monoisotopic (exact) mass is 196 g/mol. The minimum Gasteiger partial charge on any atom is -0.491 e. The van der Waals surface area contributed by atoms with Crippen LogP contribution in [0, 0.1) is 5.82 Å². The normalized spacial score (nSPS) is 10.6. The Labute approximate surface area is 84.9 Å². The van der Waals surface area contributed by atoms with E-state index in [-0.39, 0.29) is 11.7 Å². The third kappa shape index (κ3) is 2.47. The van der Waals surface area contributed by atoms with Crippen molar-refractivity contribution >= 4 is 0 Å². The topological polar surface area (TPSA) is 9.23 Å².